The smallest absolute Gasteiger partial charge is 0.229 e. The van der Waals surface area contributed by atoms with Crippen LogP contribution in [0.1, 0.15) is 24.8 Å². The van der Waals surface area contributed by atoms with E-state index < -0.39 is 0 Å². The molecule has 1 heterocycles. The average molecular weight is 269 g/mol. The Kier molecular flexibility index (Phi) is 5.63. The highest BCUT2D eigenvalue weighted by atomic mass is 35.5. The van der Waals surface area contributed by atoms with Gasteiger partial charge in [0.2, 0.25) is 5.91 Å². The Morgan fingerprint density at radius 3 is 2.61 bits per heavy atom. The monoisotopic (exact) mass is 268 g/mol. The zero-order valence-electron chi connectivity index (χ0n) is 10.9. The van der Waals surface area contributed by atoms with Gasteiger partial charge in [0.05, 0.1) is 5.92 Å². The lowest BCUT2D eigenvalue weighted by atomic mass is 10.00. The molecule has 0 spiro atoms. The molecule has 100 valence electrons. The highest BCUT2D eigenvalue weighted by Crippen LogP contribution is 2.20. The summed E-state index contributed by atoms with van der Waals surface area (Å²) in [6, 6.07) is 10.5. The molecule has 18 heavy (non-hydrogen) atoms. The number of likely N-dealkylation sites (tertiary alicyclic amines) is 1. The summed E-state index contributed by atoms with van der Waals surface area (Å²) < 4.78 is 0. The third-order valence-corrected chi connectivity index (χ3v) is 3.58. The van der Waals surface area contributed by atoms with Crippen LogP contribution in [0.4, 0.5) is 0 Å². The number of carbonyl (C=O) groups excluding carboxylic acids is 1. The minimum atomic E-state index is -0.0354. The Morgan fingerprint density at radius 1 is 1.39 bits per heavy atom. The number of rotatable bonds is 3. The molecular formula is C14H21ClN2O. The number of hydrogen-bond donors (Lipinski definition) is 1. The second-order valence-electron chi connectivity index (χ2n) is 4.69. The molecule has 0 aromatic heterocycles. The number of likely N-dealkylation sites (N-methyl/N-ethyl adjacent to an activating group) is 1. The number of amides is 1. The van der Waals surface area contributed by atoms with Crippen LogP contribution < -0.4 is 5.32 Å². The third kappa shape index (κ3) is 3.24. The zero-order chi connectivity index (χ0) is 12.3. The number of benzene rings is 1. The van der Waals surface area contributed by atoms with E-state index in [1.807, 2.05) is 49.2 Å². The maximum absolute atomic E-state index is 12.3. The molecule has 2 rings (SSSR count). The van der Waals surface area contributed by atoms with E-state index in [0.717, 1.165) is 25.1 Å². The first-order valence-corrected chi connectivity index (χ1v) is 6.23. The fourth-order valence-electron chi connectivity index (χ4n) is 2.35. The van der Waals surface area contributed by atoms with Crippen molar-refractivity contribution in [2.24, 2.45) is 0 Å². The summed E-state index contributed by atoms with van der Waals surface area (Å²) in [6.45, 7) is 3.71. The van der Waals surface area contributed by atoms with Crippen LogP contribution >= 0.6 is 12.4 Å². The highest BCUT2D eigenvalue weighted by molar-refractivity contribution is 5.85. The topological polar surface area (TPSA) is 32.3 Å². The lowest BCUT2D eigenvalue weighted by Gasteiger charge is -2.21. The molecule has 1 aromatic carbocycles. The Morgan fingerprint density at radius 2 is 2.06 bits per heavy atom. The molecule has 2 unspecified atom stereocenters. The van der Waals surface area contributed by atoms with E-state index in [0.29, 0.717) is 6.04 Å². The molecule has 1 saturated heterocycles. The van der Waals surface area contributed by atoms with Crippen molar-refractivity contribution in [3.05, 3.63) is 35.9 Å². The third-order valence-electron chi connectivity index (χ3n) is 3.58. The molecule has 1 aliphatic heterocycles. The van der Waals surface area contributed by atoms with Crippen LogP contribution in [0.5, 0.6) is 0 Å². The number of carbonyl (C=O) groups is 1. The molecule has 1 aliphatic rings. The lowest BCUT2D eigenvalue weighted by Crippen LogP contribution is -2.35. The van der Waals surface area contributed by atoms with Crippen LogP contribution in [0.25, 0.3) is 0 Å². The normalized spacial score (nSPS) is 20.3. The number of nitrogens with one attached hydrogen (secondary N) is 1. The largest absolute Gasteiger partial charge is 0.341 e. The van der Waals surface area contributed by atoms with Gasteiger partial charge in [-0.1, -0.05) is 30.3 Å². The summed E-state index contributed by atoms with van der Waals surface area (Å²) >= 11 is 0. The van der Waals surface area contributed by atoms with Crippen LogP contribution in [0.3, 0.4) is 0 Å². The average Bonchev–Trinajstić information content (AvgIpc) is 2.87. The SMILES string of the molecule is CNC1CCN(C(=O)C(C)c2ccccc2)C1.Cl. The number of halogens is 1. The van der Waals surface area contributed by atoms with E-state index in [1.54, 1.807) is 0 Å². The molecule has 0 bridgehead atoms. The van der Waals surface area contributed by atoms with Crippen LogP contribution in [0.2, 0.25) is 0 Å². The maximum atomic E-state index is 12.3. The Hall–Kier alpha value is -1.06. The standard InChI is InChI=1S/C14H20N2O.ClH/c1-11(12-6-4-3-5-7-12)14(17)16-9-8-13(10-16)15-2;/h3-7,11,13,15H,8-10H2,1-2H3;1H. The van der Waals surface area contributed by atoms with E-state index >= 15 is 0 Å². The van der Waals surface area contributed by atoms with E-state index in [2.05, 4.69) is 5.32 Å². The van der Waals surface area contributed by atoms with Crippen LogP contribution in [-0.4, -0.2) is 37.0 Å². The predicted octanol–water partition coefficient (Wildman–Crippen LogP) is 2.03. The van der Waals surface area contributed by atoms with Gasteiger partial charge in [-0.15, -0.1) is 12.4 Å². The minimum Gasteiger partial charge on any atom is -0.341 e. The molecule has 4 heteroatoms. The summed E-state index contributed by atoms with van der Waals surface area (Å²) in [6.07, 6.45) is 1.06. The summed E-state index contributed by atoms with van der Waals surface area (Å²) in [4.78, 5) is 14.3. The summed E-state index contributed by atoms with van der Waals surface area (Å²) in [5.41, 5.74) is 1.10. The minimum absolute atomic E-state index is 0. The predicted molar refractivity (Wildman–Crippen MR) is 76.1 cm³/mol. The summed E-state index contributed by atoms with van der Waals surface area (Å²) in [5, 5.41) is 3.23. The second kappa shape index (κ2) is 6.76. The number of hydrogen-bond acceptors (Lipinski definition) is 2. The maximum Gasteiger partial charge on any atom is 0.229 e. The number of nitrogens with zero attached hydrogens (tertiary/aromatic N) is 1. The zero-order valence-corrected chi connectivity index (χ0v) is 11.7. The van der Waals surface area contributed by atoms with Crippen molar-refractivity contribution < 1.29 is 4.79 Å². The fourth-order valence-corrected chi connectivity index (χ4v) is 2.35. The quantitative estimate of drug-likeness (QED) is 0.910. The van der Waals surface area contributed by atoms with Crippen LogP contribution in [-0.2, 0) is 4.79 Å². The van der Waals surface area contributed by atoms with Gasteiger partial charge in [-0.25, -0.2) is 0 Å². The second-order valence-corrected chi connectivity index (χ2v) is 4.69. The summed E-state index contributed by atoms with van der Waals surface area (Å²) in [5.74, 6) is 0.209. The molecule has 3 nitrogen and oxygen atoms in total. The van der Waals surface area contributed by atoms with Gasteiger partial charge in [0.1, 0.15) is 0 Å². The fraction of sp³-hybridized carbons (Fsp3) is 0.500. The first-order chi connectivity index (χ1) is 8.22. The van der Waals surface area contributed by atoms with Gasteiger partial charge in [-0.3, -0.25) is 4.79 Å². The van der Waals surface area contributed by atoms with Crippen molar-refractivity contribution in [2.75, 3.05) is 20.1 Å². The molecule has 0 aliphatic carbocycles. The van der Waals surface area contributed by atoms with Gasteiger partial charge in [-0.2, -0.15) is 0 Å². The van der Waals surface area contributed by atoms with Gasteiger partial charge in [0.15, 0.2) is 0 Å². The van der Waals surface area contributed by atoms with E-state index in [4.69, 9.17) is 0 Å². The van der Waals surface area contributed by atoms with Gasteiger partial charge in [-0.05, 0) is 26.0 Å². The molecule has 1 N–H and O–H groups in total. The molecule has 2 atom stereocenters. The van der Waals surface area contributed by atoms with Gasteiger partial charge < -0.3 is 10.2 Å². The van der Waals surface area contributed by atoms with Crippen molar-refractivity contribution in [1.29, 1.82) is 0 Å². The van der Waals surface area contributed by atoms with Crippen molar-refractivity contribution >= 4 is 18.3 Å². The Balaban J connectivity index is 0.00000162. The molecule has 0 radical (unpaired) electrons. The first kappa shape index (κ1) is 15.0. The molecule has 0 saturated carbocycles. The van der Waals surface area contributed by atoms with E-state index in [9.17, 15) is 4.79 Å². The van der Waals surface area contributed by atoms with E-state index in [-0.39, 0.29) is 24.2 Å². The first-order valence-electron chi connectivity index (χ1n) is 6.23. The van der Waals surface area contributed by atoms with Crippen molar-refractivity contribution in [1.82, 2.24) is 10.2 Å². The van der Waals surface area contributed by atoms with Gasteiger partial charge >= 0.3 is 0 Å². The summed E-state index contributed by atoms with van der Waals surface area (Å²) in [7, 11) is 1.96. The molecule has 1 fully saturated rings. The van der Waals surface area contributed by atoms with Gasteiger partial charge in [0.25, 0.3) is 0 Å². The van der Waals surface area contributed by atoms with Crippen molar-refractivity contribution in [3.8, 4) is 0 Å². The van der Waals surface area contributed by atoms with Crippen LogP contribution in [0.15, 0.2) is 30.3 Å². The Labute approximate surface area is 115 Å². The molecular weight excluding hydrogens is 248 g/mol. The molecule has 1 amide bonds. The highest BCUT2D eigenvalue weighted by Gasteiger charge is 2.28. The van der Waals surface area contributed by atoms with E-state index in [1.165, 1.54) is 0 Å². The molecule has 1 aromatic rings. The Bertz CT molecular complexity index is 383. The van der Waals surface area contributed by atoms with Crippen molar-refractivity contribution in [3.63, 3.8) is 0 Å². The lowest BCUT2D eigenvalue weighted by molar-refractivity contribution is -0.131. The van der Waals surface area contributed by atoms with Crippen molar-refractivity contribution in [2.45, 2.75) is 25.3 Å². The van der Waals surface area contributed by atoms with Gasteiger partial charge in [0, 0.05) is 19.1 Å². The van der Waals surface area contributed by atoms with Crippen LogP contribution in [0, 0.1) is 0 Å².